The molecule has 90 valence electrons. The largest absolute Gasteiger partial charge is 0.485 e. The highest BCUT2D eigenvalue weighted by Crippen LogP contribution is 2.22. The first kappa shape index (κ1) is 12.9. The fourth-order valence-electron chi connectivity index (χ4n) is 1.36. The van der Waals surface area contributed by atoms with Crippen LogP contribution in [0.15, 0.2) is 18.2 Å². The number of hydrogen-bond donors (Lipinski definition) is 1. The summed E-state index contributed by atoms with van der Waals surface area (Å²) in [4.78, 5) is 0. The second-order valence-electron chi connectivity index (χ2n) is 3.75. The van der Waals surface area contributed by atoms with Gasteiger partial charge in [-0.3, -0.25) is 0 Å². The molecule has 0 aliphatic carbocycles. The van der Waals surface area contributed by atoms with Gasteiger partial charge in [-0.2, -0.15) is 0 Å². The Morgan fingerprint density at radius 1 is 1.38 bits per heavy atom. The number of halogens is 1. The topological polar surface area (TPSA) is 38.7 Å². The summed E-state index contributed by atoms with van der Waals surface area (Å²) in [7, 11) is 1.56. The van der Waals surface area contributed by atoms with E-state index in [1.807, 2.05) is 0 Å². The standard InChI is InChI=1S/C12H17FO3/c1-8(7-15-3)16-12-5-4-10(9(2)14)6-11(12)13/h4-6,8-9,14H,7H2,1-3H3. The van der Waals surface area contributed by atoms with E-state index in [0.717, 1.165) is 0 Å². The van der Waals surface area contributed by atoms with Crippen molar-refractivity contribution >= 4 is 0 Å². The molecule has 1 aromatic carbocycles. The molecule has 0 bridgehead atoms. The van der Waals surface area contributed by atoms with E-state index in [0.29, 0.717) is 12.2 Å². The van der Waals surface area contributed by atoms with E-state index in [4.69, 9.17) is 9.47 Å². The third kappa shape index (κ3) is 3.47. The minimum atomic E-state index is -0.681. The highest BCUT2D eigenvalue weighted by atomic mass is 19.1. The van der Waals surface area contributed by atoms with Gasteiger partial charge in [0.1, 0.15) is 6.10 Å². The van der Waals surface area contributed by atoms with E-state index in [1.54, 1.807) is 27.0 Å². The van der Waals surface area contributed by atoms with Crippen molar-refractivity contribution in [3.05, 3.63) is 29.6 Å². The van der Waals surface area contributed by atoms with E-state index < -0.39 is 11.9 Å². The summed E-state index contributed by atoms with van der Waals surface area (Å²) in [6.45, 7) is 3.78. The summed E-state index contributed by atoms with van der Waals surface area (Å²) in [6.07, 6.45) is -0.892. The van der Waals surface area contributed by atoms with E-state index >= 15 is 0 Å². The Hall–Kier alpha value is -1.13. The molecule has 16 heavy (non-hydrogen) atoms. The van der Waals surface area contributed by atoms with Crippen molar-refractivity contribution in [2.24, 2.45) is 0 Å². The lowest BCUT2D eigenvalue weighted by atomic mass is 10.1. The average molecular weight is 228 g/mol. The number of ether oxygens (including phenoxy) is 2. The molecule has 0 aliphatic heterocycles. The Morgan fingerprint density at radius 3 is 2.56 bits per heavy atom. The number of benzene rings is 1. The molecule has 1 N–H and O–H groups in total. The van der Waals surface area contributed by atoms with Crippen molar-refractivity contribution in [3.63, 3.8) is 0 Å². The first-order valence-electron chi connectivity index (χ1n) is 5.17. The van der Waals surface area contributed by atoms with Gasteiger partial charge in [0, 0.05) is 7.11 Å². The van der Waals surface area contributed by atoms with Gasteiger partial charge in [-0.25, -0.2) is 4.39 Å². The van der Waals surface area contributed by atoms with Gasteiger partial charge < -0.3 is 14.6 Å². The second kappa shape index (κ2) is 5.82. The van der Waals surface area contributed by atoms with E-state index in [9.17, 15) is 9.50 Å². The van der Waals surface area contributed by atoms with Crippen LogP contribution >= 0.6 is 0 Å². The molecule has 0 fully saturated rings. The summed E-state index contributed by atoms with van der Waals surface area (Å²) >= 11 is 0. The predicted molar refractivity (Wildman–Crippen MR) is 59.0 cm³/mol. The first-order chi connectivity index (χ1) is 7.54. The monoisotopic (exact) mass is 228 g/mol. The van der Waals surface area contributed by atoms with Gasteiger partial charge in [-0.1, -0.05) is 6.07 Å². The smallest absolute Gasteiger partial charge is 0.165 e. The van der Waals surface area contributed by atoms with Gasteiger partial charge in [-0.15, -0.1) is 0 Å². The number of rotatable bonds is 5. The third-order valence-electron chi connectivity index (χ3n) is 2.17. The van der Waals surface area contributed by atoms with Crippen LogP contribution in [-0.4, -0.2) is 24.9 Å². The molecule has 2 unspecified atom stereocenters. The molecule has 0 amide bonds. The van der Waals surface area contributed by atoms with Gasteiger partial charge in [0.15, 0.2) is 11.6 Å². The van der Waals surface area contributed by atoms with Crippen molar-refractivity contribution < 1.29 is 19.0 Å². The maximum absolute atomic E-state index is 13.5. The number of methoxy groups -OCH3 is 1. The van der Waals surface area contributed by atoms with Gasteiger partial charge >= 0.3 is 0 Å². The minimum Gasteiger partial charge on any atom is -0.485 e. The SMILES string of the molecule is COCC(C)Oc1ccc(C(C)O)cc1F. The first-order valence-corrected chi connectivity index (χ1v) is 5.17. The van der Waals surface area contributed by atoms with Crippen molar-refractivity contribution in [2.75, 3.05) is 13.7 Å². The summed E-state index contributed by atoms with van der Waals surface area (Å²) in [6, 6.07) is 4.44. The Bertz CT molecular complexity index is 339. The molecular formula is C12H17FO3. The molecule has 0 aromatic heterocycles. The van der Waals surface area contributed by atoms with Crippen molar-refractivity contribution in [1.82, 2.24) is 0 Å². The molecule has 1 rings (SSSR count). The van der Waals surface area contributed by atoms with Gasteiger partial charge in [0.2, 0.25) is 0 Å². The van der Waals surface area contributed by atoms with Crippen molar-refractivity contribution in [2.45, 2.75) is 26.1 Å². The summed E-state index contributed by atoms with van der Waals surface area (Å²) in [5.74, 6) is -0.296. The third-order valence-corrected chi connectivity index (χ3v) is 2.17. The number of aliphatic hydroxyl groups is 1. The zero-order valence-electron chi connectivity index (χ0n) is 9.74. The van der Waals surface area contributed by atoms with Crippen LogP contribution in [0.1, 0.15) is 25.5 Å². The van der Waals surface area contributed by atoms with Crippen LogP contribution in [0, 0.1) is 5.82 Å². The van der Waals surface area contributed by atoms with Crippen LogP contribution in [0.2, 0.25) is 0 Å². The molecule has 0 spiro atoms. The zero-order chi connectivity index (χ0) is 12.1. The molecule has 0 radical (unpaired) electrons. The highest BCUT2D eigenvalue weighted by Gasteiger charge is 2.10. The molecule has 0 saturated carbocycles. The van der Waals surface area contributed by atoms with Crippen LogP contribution < -0.4 is 4.74 Å². The zero-order valence-corrected chi connectivity index (χ0v) is 9.74. The van der Waals surface area contributed by atoms with E-state index in [1.165, 1.54) is 12.1 Å². The summed E-state index contributed by atoms with van der Waals surface area (Å²) < 4.78 is 23.8. The van der Waals surface area contributed by atoms with Crippen LogP contribution in [0.25, 0.3) is 0 Å². The molecule has 4 heteroatoms. The fraction of sp³-hybridized carbons (Fsp3) is 0.500. The molecule has 2 atom stereocenters. The van der Waals surface area contributed by atoms with Crippen molar-refractivity contribution in [1.29, 1.82) is 0 Å². The summed E-state index contributed by atoms with van der Waals surface area (Å²) in [5, 5.41) is 9.28. The van der Waals surface area contributed by atoms with Crippen LogP contribution in [-0.2, 0) is 4.74 Å². The van der Waals surface area contributed by atoms with Crippen LogP contribution in [0.3, 0.4) is 0 Å². The minimum absolute atomic E-state index is 0.175. The van der Waals surface area contributed by atoms with E-state index in [-0.39, 0.29) is 11.9 Å². The lowest BCUT2D eigenvalue weighted by Crippen LogP contribution is -2.18. The fourth-order valence-corrected chi connectivity index (χ4v) is 1.36. The second-order valence-corrected chi connectivity index (χ2v) is 3.75. The Kier molecular flexibility index (Phi) is 4.71. The van der Waals surface area contributed by atoms with Gasteiger partial charge in [0.05, 0.1) is 12.7 Å². The molecule has 0 aliphatic rings. The lowest BCUT2D eigenvalue weighted by Gasteiger charge is -2.15. The predicted octanol–water partition coefficient (Wildman–Crippen LogP) is 2.29. The van der Waals surface area contributed by atoms with Gasteiger partial charge in [0.25, 0.3) is 0 Å². The normalized spacial score (nSPS) is 14.6. The van der Waals surface area contributed by atoms with Gasteiger partial charge in [-0.05, 0) is 31.5 Å². The van der Waals surface area contributed by atoms with Crippen molar-refractivity contribution in [3.8, 4) is 5.75 Å². The number of aliphatic hydroxyl groups excluding tert-OH is 1. The van der Waals surface area contributed by atoms with E-state index in [2.05, 4.69) is 0 Å². The Balaban J connectivity index is 2.75. The molecule has 3 nitrogen and oxygen atoms in total. The lowest BCUT2D eigenvalue weighted by molar-refractivity contribution is 0.0892. The Morgan fingerprint density at radius 2 is 2.06 bits per heavy atom. The molecule has 0 saturated heterocycles. The maximum atomic E-state index is 13.5. The maximum Gasteiger partial charge on any atom is 0.165 e. The highest BCUT2D eigenvalue weighted by molar-refractivity contribution is 5.30. The van der Waals surface area contributed by atoms with Crippen LogP contribution in [0.5, 0.6) is 5.75 Å². The number of hydrogen-bond acceptors (Lipinski definition) is 3. The molecule has 1 aromatic rings. The summed E-state index contributed by atoms with van der Waals surface area (Å²) in [5.41, 5.74) is 0.532. The molecule has 0 heterocycles. The quantitative estimate of drug-likeness (QED) is 0.840. The average Bonchev–Trinajstić information content (AvgIpc) is 2.21. The Labute approximate surface area is 94.8 Å². The van der Waals surface area contributed by atoms with Crippen LogP contribution in [0.4, 0.5) is 4.39 Å². The molecular weight excluding hydrogens is 211 g/mol.